The Balaban J connectivity index is 1.76. The molecule has 3 aromatic rings. The van der Waals surface area contributed by atoms with Gasteiger partial charge >= 0.3 is 6.18 Å². The summed E-state index contributed by atoms with van der Waals surface area (Å²) in [5, 5.41) is 13.1. The van der Waals surface area contributed by atoms with Crippen LogP contribution in [0.25, 0.3) is 11.1 Å². The van der Waals surface area contributed by atoms with E-state index >= 15 is 0 Å². The molecule has 2 atom stereocenters. The maximum atomic E-state index is 13.0. The minimum atomic E-state index is -4.42. The first-order valence-electron chi connectivity index (χ1n) is 9.81. The highest BCUT2D eigenvalue weighted by Crippen LogP contribution is 2.43. The first-order valence-corrected chi connectivity index (χ1v) is 11.4. The van der Waals surface area contributed by atoms with E-state index in [1.54, 1.807) is 24.8 Å². The van der Waals surface area contributed by atoms with Gasteiger partial charge in [0.05, 0.1) is 10.5 Å². The lowest BCUT2D eigenvalue weighted by Crippen LogP contribution is -2.19. The summed E-state index contributed by atoms with van der Waals surface area (Å²) in [5.41, 5.74) is 1.33. The van der Waals surface area contributed by atoms with Gasteiger partial charge in [0.1, 0.15) is 12.7 Å². The summed E-state index contributed by atoms with van der Waals surface area (Å²) in [7, 11) is -3.92. The minimum Gasteiger partial charge on any atom is -0.317 e. The van der Waals surface area contributed by atoms with Gasteiger partial charge in [-0.2, -0.15) is 13.2 Å². The van der Waals surface area contributed by atoms with Crippen LogP contribution in [0.1, 0.15) is 48.8 Å². The van der Waals surface area contributed by atoms with E-state index in [1.165, 1.54) is 18.2 Å². The Morgan fingerprint density at radius 2 is 1.68 bits per heavy atom. The summed E-state index contributed by atoms with van der Waals surface area (Å²) < 4.78 is 64.7. The van der Waals surface area contributed by atoms with Crippen LogP contribution in [0.2, 0.25) is 0 Å². The molecule has 1 fully saturated rings. The Hall–Kier alpha value is -2.72. The highest BCUT2D eigenvalue weighted by atomic mass is 32.2. The molecule has 0 saturated heterocycles. The lowest BCUT2D eigenvalue weighted by atomic mass is 9.78. The first kappa shape index (κ1) is 21.5. The molecule has 31 heavy (non-hydrogen) atoms. The molecule has 0 unspecified atom stereocenters. The third-order valence-corrected chi connectivity index (χ3v) is 6.73. The second-order valence-electron chi connectivity index (χ2n) is 7.80. The van der Waals surface area contributed by atoms with Crippen molar-refractivity contribution in [1.29, 1.82) is 0 Å². The Bertz CT molecular complexity index is 1160. The summed E-state index contributed by atoms with van der Waals surface area (Å²) in [6.07, 6.45) is 2.32. The fourth-order valence-corrected chi connectivity index (χ4v) is 4.82. The van der Waals surface area contributed by atoms with Crippen LogP contribution in [0.15, 0.2) is 60.0 Å². The third kappa shape index (κ3) is 4.64. The van der Waals surface area contributed by atoms with Crippen LogP contribution < -0.4 is 5.14 Å². The quantitative estimate of drug-likeness (QED) is 0.633. The van der Waals surface area contributed by atoms with Crippen molar-refractivity contribution in [3.05, 3.63) is 66.2 Å². The topological polar surface area (TPSA) is 90.9 Å². The second-order valence-corrected chi connectivity index (χ2v) is 9.36. The summed E-state index contributed by atoms with van der Waals surface area (Å²) in [6.45, 7) is 0. The van der Waals surface area contributed by atoms with Gasteiger partial charge in [0.15, 0.2) is 0 Å². The number of aromatic nitrogens is 3. The molecule has 10 heteroatoms. The molecule has 2 aromatic carbocycles. The lowest BCUT2D eigenvalue weighted by Gasteiger charge is -2.31. The van der Waals surface area contributed by atoms with E-state index < -0.39 is 21.8 Å². The van der Waals surface area contributed by atoms with Gasteiger partial charge in [-0.3, -0.25) is 0 Å². The van der Waals surface area contributed by atoms with Gasteiger partial charge in [-0.1, -0.05) is 24.6 Å². The fourth-order valence-electron chi connectivity index (χ4n) is 4.27. The Labute approximate surface area is 178 Å². The van der Waals surface area contributed by atoms with Gasteiger partial charge in [0.2, 0.25) is 10.0 Å². The van der Waals surface area contributed by atoms with E-state index in [4.69, 9.17) is 5.14 Å². The van der Waals surface area contributed by atoms with Gasteiger partial charge in [-0.15, -0.1) is 10.2 Å². The SMILES string of the molecule is NS(=O)(=O)c1ccc(-c2ccc(C(F)(F)F)cc2)c([C@H]2CCC[C@@H](n3cnnc3)C2)c1. The summed E-state index contributed by atoms with van der Waals surface area (Å²) in [6, 6.07) is 9.64. The van der Waals surface area contributed by atoms with Crippen molar-refractivity contribution < 1.29 is 21.6 Å². The molecule has 1 aliphatic carbocycles. The van der Waals surface area contributed by atoms with Crippen molar-refractivity contribution in [2.45, 2.75) is 48.7 Å². The largest absolute Gasteiger partial charge is 0.416 e. The average molecular weight is 450 g/mol. The summed E-state index contributed by atoms with van der Waals surface area (Å²) >= 11 is 0. The molecule has 0 aliphatic heterocycles. The van der Waals surface area contributed by atoms with Crippen LogP contribution in [0.4, 0.5) is 13.2 Å². The van der Waals surface area contributed by atoms with Crippen molar-refractivity contribution in [1.82, 2.24) is 14.8 Å². The minimum absolute atomic E-state index is 0.00965. The number of hydrogen-bond donors (Lipinski definition) is 1. The van der Waals surface area contributed by atoms with Crippen LogP contribution in [0, 0.1) is 0 Å². The molecule has 0 amide bonds. The predicted octanol–water partition coefficient (Wildman–Crippen LogP) is 4.51. The van der Waals surface area contributed by atoms with Gasteiger partial charge in [-0.25, -0.2) is 13.6 Å². The number of hydrogen-bond acceptors (Lipinski definition) is 4. The molecule has 2 N–H and O–H groups in total. The van der Waals surface area contributed by atoms with Crippen molar-refractivity contribution in [3.63, 3.8) is 0 Å². The van der Waals surface area contributed by atoms with Gasteiger partial charge < -0.3 is 4.57 Å². The van der Waals surface area contributed by atoms with Crippen molar-refractivity contribution in [2.24, 2.45) is 5.14 Å². The van der Waals surface area contributed by atoms with Crippen LogP contribution >= 0.6 is 0 Å². The highest BCUT2D eigenvalue weighted by molar-refractivity contribution is 7.89. The zero-order valence-electron chi connectivity index (χ0n) is 16.5. The molecule has 1 heterocycles. The van der Waals surface area contributed by atoms with E-state index in [0.717, 1.165) is 43.4 Å². The smallest absolute Gasteiger partial charge is 0.317 e. The molecule has 0 bridgehead atoms. The number of halogens is 3. The zero-order chi connectivity index (χ0) is 22.2. The van der Waals surface area contributed by atoms with Crippen molar-refractivity contribution >= 4 is 10.0 Å². The number of nitrogens with two attached hydrogens (primary N) is 1. The zero-order valence-corrected chi connectivity index (χ0v) is 17.3. The van der Waals surface area contributed by atoms with E-state index in [9.17, 15) is 21.6 Å². The molecule has 1 aliphatic rings. The maximum Gasteiger partial charge on any atom is 0.416 e. The maximum absolute atomic E-state index is 13.0. The number of alkyl halides is 3. The molecule has 0 spiro atoms. The first-order chi connectivity index (χ1) is 14.6. The van der Waals surface area contributed by atoms with E-state index in [-0.39, 0.29) is 16.9 Å². The molecule has 0 radical (unpaired) electrons. The molecular weight excluding hydrogens is 429 g/mol. The third-order valence-electron chi connectivity index (χ3n) is 5.82. The molecule has 1 saturated carbocycles. The predicted molar refractivity (Wildman–Crippen MR) is 109 cm³/mol. The molecule has 164 valence electrons. The summed E-state index contributed by atoms with van der Waals surface area (Å²) in [5.74, 6) is 0.0140. The van der Waals surface area contributed by atoms with Crippen LogP contribution in [0.3, 0.4) is 0 Å². The summed E-state index contributed by atoms with van der Waals surface area (Å²) in [4.78, 5) is -0.00965. The van der Waals surface area contributed by atoms with Crippen molar-refractivity contribution in [3.8, 4) is 11.1 Å². The van der Waals surface area contributed by atoms with E-state index in [1.807, 2.05) is 4.57 Å². The Morgan fingerprint density at radius 3 is 2.29 bits per heavy atom. The molecule has 4 rings (SSSR count). The van der Waals surface area contributed by atoms with Crippen LogP contribution in [0.5, 0.6) is 0 Å². The standard InChI is InChI=1S/C21H21F3N4O2S/c22-21(23,24)16-6-4-14(5-7-16)19-9-8-18(31(25,29)30)11-20(19)15-2-1-3-17(10-15)28-12-26-27-13-28/h4-9,11-13,15,17H,1-3,10H2,(H2,25,29,30)/t15-,17+/m0/s1. The number of nitrogens with zero attached hydrogens (tertiary/aromatic N) is 3. The van der Waals surface area contributed by atoms with Gasteiger partial charge in [0, 0.05) is 6.04 Å². The molecule has 1 aromatic heterocycles. The fraction of sp³-hybridized carbons (Fsp3) is 0.333. The lowest BCUT2D eigenvalue weighted by molar-refractivity contribution is -0.137. The number of sulfonamides is 1. The number of benzene rings is 2. The Morgan fingerprint density at radius 1 is 1.00 bits per heavy atom. The normalized spacial score (nSPS) is 20.0. The van der Waals surface area contributed by atoms with Crippen LogP contribution in [-0.4, -0.2) is 23.2 Å². The van der Waals surface area contributed by atoms with Gasteiger partial charge in [0.25, 0.3) is 0 Å². The molecular formula is C21H21F3N4O2S. The van der Waals surface area contributed by atoms with E-state index in [2.05, 4.69) is 10.2 Å². The number of rotatable bonds is 4. The van der Waals surface area contributed by atoms with E-state index in [0.29, 0.717) is 11.1 Å². The van der Waals surface area contributed by atoms with Crippen molar-refractivity contribution in [2.75, 3.05) is 0 Å². The molecule has 6 nitrogen and oxygen atoms in total. The average Bonchev–Trinajstić information content (AvgIpc) is 3.27. The second kappa shape index (κ2) is 8.08. The highest BCUT2D eigenvalue weighted by Gasteiger charge is 2.31. The monoisotopic (exact) mass is 450 g/mol. The van der Waals surface area contributed by atoms with Gasteiger partial charge in [-0.05, 0) is 66.1 Å². The Kier molecular flexibility index (Phi) is 5.61. The van der Waals surface area contributed by atoms with Crippen LogP contribution in [-0.2, 0) is 16.2 Å². The number of primary sulfonamides is 1.